The fraction of sp³-hybridized carbons (Fsp3) is 0.583. The van der Waals surface area contributed by atoms with Gasteiger partial charge in [0.15, 0.2) is 0 Å². The Labute approximate surface area is 92.4 Å². The topological polar surface area (TPSA) is 41.6 Å². The second kappa shape index (κ2) is 6.27. The minimum atomic E-state index is 0.689. The zero-order valence-electron chi connectivity index (χ0n) is 9.74. The number of allylic oxidation sites excluding steroid dienone is 1. The van der Waals surface area contributed by atoms with Gasteiger partial charge in [-0.25, -0.2) is 4.99 Å². The molecule has 0 saturated heterocycles. The van der Waals surface area contributed by atoms with E-state index in [0.717, 1.165) is 32.4 Å². The van der Waals surface area contributed by atoms with Crippen molar-refractivity contribution in [3.05, 3.63) is 24.0 Å². The number of nitrogens with two attached hydrogens (primary N) is 1. The summed E-state index contributed by atoms with van der Waals surface area (Å²) in [6.07, 6.45) is 9.15. The molecule has 3 nitrogen and oxygen atoms in total. The lowest BCUT2D eigenvalue weighted by Crippen LogP contribution is -2.23. The molecule has 0 aliphatic carbocycles. The lowest BCUT2D eigenvalue weighted by atomic mass is 10.2. The molecule has 0 aromatic rings. The summed E-state index contributed by atoms with van der Waals surface area (Å²) >= 11 is 0. The van der Waals surface area contributed by atoms with Crippen molar-refractivity contribution in [3.8, 4) is 0 Å². The average molecular weight is 207 g/mol. The normalized spacial score (nSPS) is 15.6. The fourth-order valence-electron chi connectivity index (χ4n) is 1.64. The number of amidine groups is 1. The summed E-state index contributed by atoms with van der Waals surface area (Å²) in [5.74, 6) is 0.689. The predicted octanol–water partition coefficient (Wildman–Crippen LogP) is 2.27. The number of hydrogen-bond acceptors (Lipinski definition) is 3. The summed E-state index contributed by atoms with van der Waals surface area (Å²) in [5.41, 5.74) is 6.86. The smallest absolute Gasteiger partial charge is 0.103 e. The molecule has 0 spiro atoms. The first-order valence-electron chi connectivity index (χ1n) is 5.71. The molecule has 3 heteroatoms. The summed E-state index contributed by atoms with van der Waals surface area (Å²) < 4.78 is 0. The molecule has 2 N–H and O–H groups in total. The van der Waals surface area contributed by atoms with E-state index in [-0.39, 0.29) is 0 Å². The molecule has 0 fully saturated rings. The molecule has 1 rings (SSSR count). The molecule has 84 valence electrons. The van der Waals surface area contributed by atoms with Gasteiger partial charge in [-0.2, -0.15) is 0 Å². The Hall–Kier alpha value is -1.25. The van der Waals surface area contributed by atoms with Gasteiger partial charge in [-0.1, -0.05) is 19.9 Å². The molecule has 0 amide bonds. The number of nitrogens with zero attached hydrogens (tertiary/aromatic N) is 2. The van der Waals surface area contributed by atoms with Crippen LogP contribution in [0.25, 0.3) is 0 Å². The number of aliphatic imine (C=N–C) groups is 1. The maximum atomic E-state index is 5.68. The Morgan fingerprint density at radius 2 is 2.00 bits per heavy atom. The quantitative estimate of drug-likeness (QED) is 0.751. The van der Waals surface area contributed by atoms with E-state index in [0.29, 0.717) is 5.84 Å². The van der Waals surface area contributed by atoms with Gasteiger partial charge in [0.25, 0.3) is 0 Å². The van der Waals surface area contributed by atoms with Gasteiger partial charge in [-0.15, -0.1) is 0 Å². The van der Waals surface area contributed by atoms with Crippen molar-refractivity contribution in [2.75, 3.05) is 13.1 Å². The van der Waals surface area contributed by atoms with Crippen molar-refractivity contribution in [1.82, 2.24) is 4.90 Å². The maximum Gasteiger partial charge on any atom is 0.103 e. The van der Waals surface area contributed by atoms with Crippen molar-refractivity contribution >= 4 is 5.84 Å². The van der Waals surface area contributed by atoms with Gasteiger partial charge in [0.05, 0.1) is 11.9 Å². The fourth-order valence-corrected chi connectivity index (χ4v) is 1.64. The van der Waals surface area contributed by atoms with Crippen LogP contribution >= 0.6 is 0 Å². The molecule has 0 aromatic heterocycles. The molecule has 1 aliphatic rings. The van der Waals surface area contributed by atoms with Gasteiger partial charge in [-0.05, 0) is 18.9 Å². The van der Waals surface area contributed by atoms with E-state index < -0.39 is 0 Å². The SMILES string of the molecule is CCCN(CCC)C1=CN=C(N)CC=C1. The molecule has 1 aliphatic heterocycles. The van der Waals surface area contributed by atoms with Gasteiger partial charge in [0.2, 0.25) is 0 Å². The van der Waals surface area contributed by atoms with Crippen LogP contribution in [0.4, 0.5) is 0 Å². The highest BCUT2D eigenvalue weighted by Gasteiger charge is 2.06. The third-order valence-electron chi connectivity index (χ3n) is 2.33. The van der Waals surface area contributed by atoms with E-state index in [2.05, 4.69) is 35.9 Å². The first-order chi connectivity index (χ1) is 7.27. The standard InChI is InChI=1S/C12H21N3/c1-3-8-15(9-4-2)11-6-5-7-12(13)14-10-11/h5-6,10H,3-4,7-9H2,1-2H3,(H2,13,14). The van der Waals surface area contributed by atoms with Gasteiger partial charge >= 0.3 is 0 Å². The summed E-state index contributed by atoms with van der Waals surface area (Å²) in [5, 5.41) is 0. The summed E-state index contributed by atoms with van der Waals surface area (Å²) in [7, 11) is 0. The van der Waals surface area contributed by atoms with E-state index in [9.17, 15) is 0 Å². The summed E-state index contributed by atoms with van der Waals surface area (Å²) in [6, 6.07) is 0. The summed E-state index contributed by atoms with van der Waals surface area (Å²) in [4.78, 5) is 6.58. The number of hydrogen-bond donors (Lipinski definition) is 1. The zero-order chi connectivity index (χ0) is 11.1. The molecule has 0 bridgehead atoms. The monoisotopic (exact) mass is 207 g/mol. The van der Waals surface area contributed by atoms with Gasteiger partial charge in [0.1, 0.15) is 5.84 Å². The van der Waals surface area contributed by atoms with Gasteiger partial charge in [-0.3, -0.25) is 0 Å². The Morgan fingerprint density at radius 1 is 1.33 bits per heavy atom. The second-order valence-corrected chi connectivity index (χ2v) is 3.77. The lowest BCUT2D eigenvalue weighted by Gasteiger charge is -2.23. The molecule has 0 unspecified atom stereocenters. The van der Waals surface area contributed by atoms with Crippen molar-refractivity contribution in [1.29, 1.82) is 0 Å². The van der Waals surface area contributed by atoms with Crippen molar-refractivity contribution in [3.63, 3.8) is 0 Å². The third kappa shape index (κ3) is 3.78. The first-order valence-corrected chi connectivity index (χ1v) is 5.71. The van der Waals surface area contributed by atoms with E-state index >= 15 is 0 Å². The maximum absolute atomic E-state index is 5.68. The second-order valence-electron chi connectivity index (χ2n) is 3.77. The minimum absolute atomic E-state index is 0.689. The molecule has 0 aromatic carbocycles. The lowest BCUT2D eigenvalue weighted by molar-refractivity contribution is 0.354. The van der Waals surface area contributed by atoms with Gasteiger partial charge in [0, 0.05) is 19.5 Å². The van der Waals surface area contributed by atoms with Crippen LogP contribution in [0.5, 0.6) is 0 Å². The Bertz CT molecular complexity index is 271. The Kier molecular flexibility index (Phi) is 4.95. The molecular weight excluding hydrogens is 186 g/mol. The van der Waals surface area contributed by atoms with Crippen molar-refractivity contribution in [2.45, 2.75) is 33.1 Å². The largest absolute Gasteiger partial charge is 0.387 e. The highest BCUT2D eigenvalue weighted by atomic mass is 15.1. The Morgan fingerprint density at radius 3 is 2.60 bits per heavy atom. The van der Waals surface area contributed by atoms with Crippen molar-refractivity contribution < 1.29 is 0 Å². The van der Waals surface area contributed by atoms with E-state index in [1.165, 1.54) is 5.70 Å². The van der Waals surface area contributed by atoms with Gasteiger partial charge < -0.3 is 10.6 Å². The highest BCUT2D eigenvalue weighted by molar-refractivity contribution is 5.82. The van der Waals surface area contributed by atoms with Crippen LogP contribution in [0.3, 0.4) is 0 Å². The first kappa shape index (κ1) is 11.8. The minimum Gasteiger partial charge on any atom is -0.387 e. The zero-order valence-corrected chi connectivity index (χ0v) is 9.74. The van der Waals surface area contributed by atoms with Crippen molar-refractivity contribution in [2.24, 2.45) is 10.7 Å². The van der Waals surface area contributed by atoms with Crippen LogP contribution in [0.1, 0.15) is 33.1 Å². The molecule has 0 atom stereocenters. The van der Waals surface area contributed by atoms with Crippen LogP contribution in [0.15, 0.2) is 29.0 Å². The van der Waals surface area contributed by atoms with E-state index in [1.54, 1.807) is 0 Å². The predicted molar refractivity (Wildman–Crippen MR) is 65.6 cm³/mol. The van der Waals surface area contributed by atoms with E-state index in [4.69, 9.17) is 5.73 Å². The summed E-state index contributed by atoms with van der Waals surface area (Å²) in [6.45, 7) is 6.56. The van der Waals surface area contributed by atoms with E-state index in [1.807, 2.05) is 6.20 Å². The Balaban J connectivity index is 2.73. The molecular formula is C12H21N3. The number of rotatable bonds is 5. The average Bonchev–Trinajstić information content (AvgIpc) is 2.43. The molecule has 15 heavy (non-hydrogen) atoms. The van der Waals surface area contributed by atoms with Crippen LogP contribution in [0, 0.1) is 0 Å². The van der Waals surface area contributed by atoms with Crippen LogP contribution < -0.4 is 5.73 Å². The third-order valence-corrected chi connectivity index (χ3v) is 2.33. The van der Waals surface area contributed by atoms with Crippen LogP contribution in [0.2, 0.25) is 0 Å². The molecule has 0 radical (unpaired) electrons. The highest BCUT2D eigenvalue weighted by Crippen LogP contribution is 2.11. The molecule has 0 saturated carbocycles. The molecule has 1 heterocycles. The van der Waals surface area contributed by atoms with Crippen LogP contribution in [-0.4, -0.2) is 23.8 Å². The van der Waals surface area contributed by atoms with Crippen LogP contribution in [-0.2, 0) is 0 Å².